The number of hydrogen-bond acceptors (Lipinski definition) is 4. The Hall–Kier alpha value is -1.42. The van der Waals surface area contributed by atoms with Crippen LogP contribution in [0.25, 0.3) is 0 Å². The second kappa shape index (κ2) is 6.35. The second-order valence-corrected chi connectivity index (χ2v) is 4.21. The van der Waals surface area contributed by atoms with Gasteiger partial charge in [0.15, 0.2) is 5.78 Å². The fourth-order valence-corrected chi connectivity index (χ4v) is 1.89. The molecule has 4 heteroatoms. The molecule has 0 saturated carbocycles. The summed E-state index contributed by atoms with van der Waals surface area (Å²) in [5, 5.41) is 9.92. The molecule has 17 heavy (non-hydrogen) atoms. The Bertz CT molecular complexity index is 375. The summed E-state index contributed by atoms with van der Waals surface area (Å²) in [4.78, 5) is 15.8. The minimum Gasteiger partial charge on any atom is -0.385 e. The Morgan fingerprint density at radius 3 is 2.65 bits per heavy atom. The standard InChI is InChI=1S/C13H20N2O2/c1-3-9(4-2)12(17)11(16)8-10-6-5-7-15-13(10)14/h5-7,9,12,17H,3-4,8H2,1-2H3,(H2,14,15). The first-order valence-electron chi connectivity index (χ1n) is 6.00. The molecule has 3 N–H and O–H groups in total. The van der Waals surface area contributed by atoms with E-state index in [0.29, 0.717) is 11.4 Å². The largest absolute Gasteiger partial charge is 0.385 e. The first kappa shape index (κ1) is 13.6. The number of Topliss-reactive ketones (excluding diaryl/α,β-unsaturated/α-hetero) is 1. The quantitative estimate of drug-likeness (QED) is 0.786. The molecule has 1 heterocycles. The number of nitrogens with zero attached hydrogens (tertiary/aromatic N) is 1. The maximum Gasteiger partial charge on any atom is 0.166 e. The van der Waals surface area contributed by atoms with E-state index in [1.54, 1.807) is 18.3 Å². The van der Waals surface area contributed by atoms with E-state index in [9.17, 15) is 9.90 Å². The molecule has 1 aromatic heterocycles. The van der Waals surface area contributed by atoms with Crippen molar-refractivity contribution in [3.63, 3.8) is 0 Å². The fourth-order valence-electron chi connectivity index (χ4n) is 1.89. The number of aliphatic hydroxyl groups excluding tert-OH is 1. The van der Waals surface area contributed by atoms with E-state index in [0.717, 1.165) is 12.8 Å². The lowest BCUT2D eigenvalue weighted by Crippen LogP contribution is -2.30. The maximum atomic E-state index is 11.9. The van der Waals surface area contributed by atoms with Crippen molar-refractivity contribution in [2.24, 2.45) is 5.92 Å². The molecule has 0 saturated heterocycles. The van der Waals surface area contributed by atoms with Crippen molar-refractivity contribution in [3.8, 4) is 0 Å². The molecule has 1 aromatic rings. The zero-order chi connectivity index (χ0) is 12.8. The van der Waals surface area contributed by atoms with Crippen LogP contribution in [0.15, 0.2) is 18.3 Å². The maximum absolute atomic E-state index is 11.9. The third kappa shape index (κ3) is 3.53. The molecular weight excluding hydrogens is 216 g/mol. The Morgan fingerprint density at radius 2 is 2.12 bits per heavy atom. The number of pyridine rings is 1. The van der Waals surface area contributed by atoms with Crippen molar-refractivity contribution in [3.05, 3.63) is 23.9 Å². The van der Waals surface area contributed by atoms with Crippen molar-refractivity contribution in [2.75, 3.05) is 5.73 Å². The van der Waals surface area contributed by atoms with Gasteiger partial charge in [0.1, 0.15) is 11.9 Å². The highest BCUT2D eigenvalue weighted by molar-refractivity contribution is 5.86. The highest BCUT2D eigenvalue weighted by atomic mass is 16.3. The number of carbonyl (C=O) groups is 1. The van der Waals surface area contributed by atoms with Crippen LogP contribution in [0, 0.1) is 5.92 Å². The molecule has 0 aliphatic heterocycles. The first-order chi connectivity index (χ1) is 8.10. The molecular formula is C13H20N2O2. The zero-order valence-electron chi connectivity index (χ0n) is 10.4. The number of nitrogen functional groups attached to an aromatic ring is 1. The van der Waals surface area contributed by atoms with E-state index in [-0.39, 0.29) is 18.1 Å². The van der Waals surface area contributed by atoms with Gasteiger partial charge in [-0.05, 0) is 12.0 Å². The average molecular weight is 236 g/mol. The summed E-state index contributed by atoms with van der Waals surface area (Å²) < 4.78 is 0. The molecule has 1 rings (SSSR count). The van der Waals surface area contributed by atoms with E-state index in [4.69, 9.17) is 5.73 Å². The van der Waals surface area contributed by atoms with Crippen molar-refractivity contribution < 1.29 is 9.90 Å². The summed E-state index contributed by atoms with van der Waals surface area (Å²) in [6.45, 7) is 3.95. The van der Waals surface area contributed by atoms with Gasteiger partial charge in [0.25, 0.3) is 0 Å². The smallest absolute Gasteiger partial charge is 0.166 e. The molecule has 0 aliphatic carbocycles. The molecule has 1 atom stereocenters. The SMILES string of the molecule is CCC(CC)C(O)C(=O)Cc1cccnc1N. The lowest BCUT2D eigenvalue weighted by Gasteiger charge is -2.18. The minimum atomic E-state index is -0.899. The molecule has 0 spiro atoms. The number of aromatic nitrogens is 1. The lowest BCUT2D eigenvalue weighted by atomic mass is 9.91. The number of aliphatic hydroxyl groups is 1. The minimum absolute atomic E-state index is 0.0281. The average Bonchev–Trinajstić information content (AvgIpc) is 2.33. The van der Waals surface area contributed by atoms with Gasteiger partial charge in [0, 0.05) is 18.2 Å². The van der Waals surface area contributed by atoms with Crippen LogP contribution < -0.4 is 5.73 Å². The van der Waals surface area contributed by atoms with Gasteiger partial charge in [-0.15, -0.1) is 0 Å². The van der Waals surface area contributed by atoms with E-state index >= 15 is 0 Å². The van der Waals surface area contributed by atoms with E-state index in [2.05, 4.69) is 4.98 Å². The molecule has 0 radical (unpaired) electrons. The monoisotopic (exact) mass is 236 g/mol. The van der Waals surface area contributed by atoms with Crippen LogP contribution in [-0.4, -0.2) is 22.0 Å². The third-order valence-electron chi connectivity index (χ3n) is 3.12. The molecule has 0 aromatic carbocycles. The molecule has 0 fully saturated rings. The van der Waals surface area contributed by atoms with E-state index in [1.165, 1.54) is 0 Å². The number of anilines is 1. The van der Waals surface area contributed by atoms with Crippen LogP contribution in [0.2, 0.25) is 0 Å². The Balaban J connectivity index is 2.69. The predicted octanol–water partition coefficient (Wildman–Crippen LogP) is 1.57. The number of ketones is 1. The van der Waals surface area contributed by atoms with Crippen LogP contribution in [0.5, 0.6) is 0 Å². The fraction of sp³-hybridized carbons (Fsp3) is 0.538. The lowest BCUT2D eigenvalue weighted by molar-refractivity contribution is -0.129. The molecule has 1 unspecified atom stereocenters. The molecule has 4 nitrogen and oxygen atoms in total. The number of rotatable bonds is 6. The third-order valence-corrected chi connectivity index (χ3v) is 3.12. The summed E-state index contributed by atoms with van der Waals surface area (Å²) in [7, 11) is 0. The Labute approximate surface area is 102 Å². The van der Waals surface area contributed by atoms with Gasteiger partial charge in [0.2, 0.25) is 0 Å². The zero-order valence-corrected chi connectivity index (χ0v) is 10.4. The normalized spacial score (nSPS) is 12.7. The summed E-state index contributed by atoms with van der Waals surface area (Å²) in [6, 6.07) is 3.50. The van der Waals surface area contributed by atoms with Gasteiger partial charge in [-0.1, -0.05) is 32.8 Å². The second-order valence-electron chi connectivity index (χ2n) is 4.21. The number of carbonyl (C=O) groups excluding carboxylic acids is 1. The summed E-state index contributed by atoms with van der Waals surface area (Å²) in [5.41, 5.74) is 6.35. The number of hydrogen-bond donors (Lipinski definition) is 2. The van der Waals surface area contributed by atoms with Gasteiger partial charge in [-0.2, -0.15) is 0 Å². The van der Waals surface area contributed by atoms with Crippen molar-refractivity contribution in [1.82, 2.24) is 4.98 Å². The van der Waals surface area contributed by atoms with Gasteiger partial charge < -0.3 is 10.8 Å². The number of nitrogens with two attached hydrogens (primary N) is 1. The van der Waals surface area contributed by atoms with Crippen LogP contribution in [0.4, 0.5) is 5.82 Å². The summed E-state index contributed by atoms with van der Waals surface area (Å²) >= 11 is 0. The van der Waals surface area contributed by atoms with Crippen LogP contribution in [-0.2, 0) is 11.2 Å². The van der Waals surface area contributed by atoms with Crippen LogP contribution >= 0.6 is 0 Å². The van der Waals surface area contributed by atoms with Crippen molar-refractivity contribution >= 4 is 11.6 Å². The van der Waals surface area contributed by atoms with Gasteiger partial charge in [-0.3, -0.25) is 4.79 Å². The Morgan fingerprint density at radius 1 is 1.47 bits per heavy atom. The van der Waals surface area contributed by atoms with E-state index < -0.39 is 6.10 Å². The topological polar surface area (TPSA) is 76.2 Å². The van der Waals surface area contributed by atoms with Crippen molar-refractivity contribution in [2.45, 2.75) is 39.2 Å². The summed E-state index contributed by atoms with van der Waals surface area (Å²) in [5.74, 6) is 0.205. The van der Waals surface area contributed by atoms with E-state index in [1.807, 2.05) is 13.8 Å². The predicted molar refractivity (Wildman–Crippen MR) is 67.4 cm³/mol. The molecule has 0 bridgehead atoms. The molecule has 0 amide bonds. The molecule has 94 valence electrons. The van der Waals surface area contributed by atoms with Gasteiger partial charge >= 0.3 is 0 Å². The van der Waals surface area contributed by atoms with Crippen molar-refractivity contribution in [1.29, 1.82) is 0 Å². The molecule has 0 aliphatic rings. The van der Waals surface area contributed by atoms with Gasteiger partial charge in [-0.25, -0.2) is 4.98 Å². The summed E-state index contributed by atoms with van der Waals surface area (Å²) in [6.07, 6.45) is 2.43. The first-order valence-corrected chi connectivity index (χ1v) is 6.00. The Kier molecular flexibility index (Phi) is 5.10. The highest BCUT2D eigenvalue weighted by Gasteiger charge is 2.23. The van der Waals surface area contributed by atoms with Gasteiger partial charge in [0.05, 0.1) is 0 Å². The van der Waals surface area contributed by atoms with Crippen LogP contribution in [0.3, 0.4) is 0 Å². The highest BCUT2D eigenvalue weighted by Crippen LogP contribution is 2.17. The van der Waals surface area contributed by atoms with Crippen LogP contribution in [0.1, 0.15) is 32.3 Å².